The quantitative estimate of drug-likeness (QED) is 0.571. The summed E-state index contributed by atoms with van der Waals surface area (Å²) in [4.78, 5) is 12.2. The van der Waals surface area contributed by atoms with Gasteiger partial charge in [-0.1, -0.05) is 30.3 Å². The first-order valence-corrected chi connectivity index (χ1v) is 10.6. The molecule has 0 unspecified atom stereocenters. The number of rotatable bonds is 8. The van der Waals surface area contributed by atoms with E-state index in [-0.39, 0.29) is 17.4 Å². The van der Waals surface area contributed by atoms with Gasteiger partial charge in [0.1, 0.15) is 11.5 Å². The van der Waals surface area contributed by atoms with Crippen LogP contribution in [0.4, 0.5) is 11.4 Å². The van der Waals surface area contributed by atoms with Crippen molar-refractivity contribution in [3.05, 3.63) is 78.4 Å². The summed E-state index contributed by atoms with van der Waals surface area (Å²) >= 11 is 0. The van der Waals surface area contributed by atoms with Crippen LogP contribution in [0.25, 0.3) is 0 Å². The summed E-state index contributed by atoms with van der Waals surface area (Å²) in [5.41, 5.74) is 1.88. The molecule has 3 rings (SSSR count). The number of hydrogen-bond donors (Lipinski definition) is 2. The maximum Gasteiger partial charge on any atom is 0.262 e. The Morgan fingerprint density at radius 2 is 1.53 bits per heavy atom. The van der Waals surface area contributed by atoms with E-state index in [1.165, 1.54) is 31.4 Å². The molecule has 0 bridgehead atoms. The predicted molar refractivity (Wildman–Crippen MR) is 116 cm³/mol. The lowest BCUT2D eigenvalue weighted by molar-refractivity contribution is -0.118. The van der Waals surface area contributed by atoms with Crippen molar-refractivity contribution >= 4 is 27.3 Å². The normalized spacial score (nSPS) is 10.9. The number of carbonyl (C=O) groups is 1. The van der Waals surface area contributed by atoms with Crippen LogP contribution in [0.5, 0.6) is 11.5 Å². The summed E-state index contributed by atoms with van der Waals surface area (Å²) in [5, 5.41) is 2.71. The molecule has 8 heteroatoms. The molecule has 2 N–H and O–H groups in total. The third kappa shape index (κ3) is 5.30. The third-order valence-electron chi connectivity index (χ3n) is 4.27. The van der Waals surface area contributed by atoms with Crippen molar-refractivity contribution in [2.75, 3.05) is 23.8 Å². The predicted octanol–water partition coefficient (Wildman–Crippen LogP) is 3.82. The number of sulfonamides is 1. The Hall–Kier alpha value is -3.52. The zero-order chi connectivity index (χ0) is 21.6. The number of para-hydroxylation sites is 3. The topological polar surface area (TPSA) is 93.7 Å². The highest BCUT2D eigenvalue weighted by atomic mass is 32.2. The second kappa shape index (κ2) is 9.32. The smallest absolute Gasteiger partial charge is 0.262 e. The Balaban J connectivity index is 1.60. The number of anilines is 2. The Morgan fingerprint density at radius 3 is 2.20 bits per heavy atom. The van der Waals surface area contributed by atoms with Gasteiger partial charge in [-0.15, -0.1) is 0 Å². The average molecular weight is 426 g/mol. The molecule has 0 fully saturated rings. The Morgan fingerprint density at radius 1 is 0.900 bits per heavy atom. The van der Waals surface area contributed by atoms with Crippen molar-refractivity contribution in [2.24, 2.45) is 0 Å². The summed E-state index contributed by atoms with van der Waals surface area (Å²) in [6, 6.07) is 20.0. The number of nitrogens with one attached hydrogen (secondary N) is 2. The zero-order valence-corrected chi connectivity index (χ0v) is 17.4. The van der Waals surface area contributed by atoms with Crippen molar-refractivity contribution < 1.29 is 22.7 Å². The standard InChI is InChI=1S/C22H22N2O5S/c1-16-7-3-4-8-19(16)24-30(26,27)18-13-11-17(12-14-18)29-15-22(25)23-20-9-5-6-10-21(20)28-2/h3-14,24H,15H2,1-2H3,(H,23,25). The van der Waals surface area contributed by atoms with Crippen LogP contribution in [0, 0.1) is 6.92 Å². The molecule has 7 nitrogen and oxygen atoms in total. The highest BCUT2D eigenvalue weighted by molar-refractivity contribution is 7.92. The van der Waals surface area contributed by atoms with E-state index >= 15 is 0 Å². The van der Waals surface area contributed by atoms with E-state index in [1.807, 2.05) is 19.1 Å². The molecule has 30 heavy (non-hydrogen) atoms. The fraction of sp³-hybridized carbons (Fsp3) is 0.136. The lowest BCUT2D eigenvalue weighted by Crippen LogP contribution is -2.20. The Kier molecular flexibility index (Phi) is 6.58. The van der Waals surface area contributed by atoms with Crippen LogP contribution in [-0.4, -0.2) is 28.0 Å². The minimum absolute atomic E-state index is 0.0941. The van der Waals surface area contributed by atoms with E-state index in [0.29, 0.717) is 22.9 Å². The van der Waals surface area contributed by atoms with Gasteiger partial charge in [-0.05, 0) is 55.0 Å². The fourth-order valence-corrected chi connectivity index (χ4v) is 3.82. The van der Waals surface area contributed by atoms with E-state index in [1.54, 1.807) is 36.4 Å². The molecular weight excluding hydrogens is 404 g/mol. The van der Waals surface area contributed by atoms with E-state index < -0.39 is 10.0 Å². The minimum atomic E-state index is -3.73. The second-order valence-corrected chi connectivity index (χ2v) is 8.11. The molecule has 0 spiro atoms. The van der Waals surface area contributed by atoms with Crippen LogP contribution >= 0.6 is 0 Å². The largest absolute Gasteiger partial charge is 0.495 e. The molecule has 0 atom stereocenters. The van der Waals surface area contributed by atoms with Crippen LogP contribution in [0.2, 0.25) is 0 Å². The van der Waals surface area contributed by atoms with E-state index in [2.05, 4.69) is 10.0 Å². The first-order chi connectivity index (χ1) is 14.4. The molecule has 0 aliphatic heterocycles. The first kappa shape index (κ1) is 21.2. The lowest BCUT2D eigenvalue weighted by Gasteiger charge is -2.12. The number of carbonyl (C=O) groups excluding carboxylic acids is 1. The molecule has 0 saturated carbocycles. The lowest BCUT2D eigenvalue weighted by atomic mass is 10.2. The Labute approximate surface area is 175 Å². The molecule has 3 aromatic rings. The van der Waals surface area contributed by atoms with Crippen molar-refractivity contribution in [1.29, 1.82) is 0 Å². The summed E-state index contributed by atoms with van der Waals surface area (Å²) in [5.74, 6) is 0.555. The van der Waals surface area contributed by atoms with Crippen molar-refractivity contribution in [3.8, 4) is 11.5 Å². The van der Waals surface area contributed by atoms with Gasteiger partial charge < -0.3 is 14.8 Å². The van der Waals surface area contributed by atoms with Gasteiger partial charge in [-0.3, -0.25) is 9.52 Å². The van der Waals surface area contributed by atoms with Gasteiger partial charge in [-0.25, -0.2) is 8.42 Å². The molecular formula is C22H22N2O5S. The highest BCUT2D eigenvalue weighted by Crippen LogP contribution is 2.23. The minimum Gasteiger partial charge on any atom is -0.495 e. The summed E-state index contributed by atoms with van der Waals surface area (Å²) in [6.45, 7) is 1.59. The van der Waals surface area contributed by atoms with Gasteiger partial charge in [0.15, 0.2) is 6.61 Å². The Bertz CT molecular complexity index is 1130. The summed E-state index contributed by atoms with van der Waals surface area (Å²) in [7, 11) is -2.21. The molecule has 0 aromatic heterocycles. The SMILES string of the molecule is COc1ccccc1NC(=O)COc1ccc(S(=O)(=O)Nc2ccccc2C)cc1. The number of hydrogen-bond acceptors (Lipinski definition) is 5. The van der Waals surface area contributed by atoms with Gasteiger partial charge in [0.25, 0.3) is 15.9 Å². The molecule has 3 aromatic carbocycles. The van der Waals surface area contributed by atoms with E-state index in [4.69, 9.17) is 9.47 Å². The monoisotopic (exact) mass is 426 g/mol. The second-order valence-electron chi connectivity index (χ2n) is 6.43. The molecule has 0 saturated heterocycles. The third-order valence-corrected chi connectivity index (χ3v) is 5.66. The van der Waals surface area contributed by atoms with Gasteiger partial charge in [0.05, 0.1) is 23.4 Å². The first-order valence-electron chi connectivity index (χ1n) is 9.13. The van der Waals surface area contributed by atoms with Crippen LogP contribution in [0.1, 0.15) is 5.56 Å². The van der Waals surface area contributed by atoms with Crippen molar-refractivity contribution in [2.45, 2.75) is 11.8 Å². The molecule has 0 heterocycles. The number of ether oxygens (including phenoxy) is 2. The van der Waals surface area contributed by atoms with Crippen LogP contribution < -0.4 is 19.5 Å². The van der Waals surface area contributed by atoms with Crippen LogP contribution in [0.3, 0.4) is 0 Å². The zero-order valence-electron chi connectivity index (χ0n) is 16.6. The molecule has 1 amide bonds. The average Bonchev–Trinajstić information content (AvgIpc) is 2.74. The number of aryl methyl sites for hydroxylation is 1. The summed E-state index contributed by atoms with van der Waals surface area (Å²) in [6.07, 6.45) is 0. The fourth-order valence-electron chi connectivity index (χ4n) is 2.69. The number of methoxy groups -OCH3 is 1. The summed E-state index contributed by atoms with van der Waals surface area (Å²) < 4.78 is 38.3. The van der Waals surface area contributed by atoms with Crippen LogP contribution in [0.15, 0.2) is 77.7 Å². The molecule has 156 valence electrons. The van der Waals surface area contributed by atoms with E-state index in [0.717, 1.165) is 5.56 Å². The molecule has 0 aliphatic carbocycles. The maximum absolute atomic E-state index is 12.6. The van der Waals surface area contributed by atoms with Crippen molar-refractivity contribution in [3.63, 3.8) is 0 Å². The molecule has 0 aliphatic rings. The van der Waals surface area contributed by atoms with Crippen LogP contribution in [-0.2, 0) is 14.8 Å². The maximum atomic E-state index is 12.6. The van der Waals surface area contributed by atoms with Crippen molar-refractivity contribution in [1.82, 2.24) is 0 Å². The molecule has 0 radical (unpaired) electrons. The van der Waals surface area contributed by atoms with Gasteiger partial charge >= 0.3 is 0 Å². The number of benzene rings is 3. The van der Waals surface area contributed by atoms with Gasteiger partial charge in [-0.2, -0.15) is 0 Å². The van der Waals surface area contributed by atoms with E-state index in [9.17, 15) is 13.2 Å². The van der Waals surface area contributed by atoms with Gasteiger partial charge in [0.2, 0.25) is 0 Å². The highest BCUT2D eigenvalue weighted by Gasteiger charge is 2.15. The number of amides is 1. The van der Waals surface area contributed by atoms with Gasteiger partial charge in [0, 0.05) is 0 Å².